The van der Waals surface area contributed by atoms with Crippen molar-refractivity contribution in [2.24, 2.45) is 0 Å². The lowest BCUT2D eigenvalue weighted by atomic mass is 9.94. The van der Waals surface area contributed by atoms with Crippen LogP contribution in [0, 0.1) is 0 Å². The van der Waals surface area contributed by atoms with Crippen LogP contribution in [0.2, 0.25) is 0 Å². The third-order valence-electron chi connectivity index (χ3n) is 6.70. The van der Waals surface area contributed by atoms with E-state index in [2.05, 4.69) is 10.3 Å². The van der Waals surface area contributed by atoms with Crippen molar-refractivity contribution in [3.63, 3.8) is 0 Å². The maximum absolute atomic E-state index is 13.4. The first-order valence-corrected chi connectivity index (χ1v) is 12.7. The summed E-state index contributed by atoms with van der Waals surface area (Å²) in [4.78, 5) is 45.9. The Labute approximate surface area is 207 Å². The molecule has 1 aromatic heterocycles. The van der Waals surface area contributed by atoms with Crippen molar-refractivity contribution in [3.05, 3.63) is 40.3 Å². The topological polar surface area (TPSA) is 110 Å². The first-order chi connectivity index (χ1) is 17.0. The second-order valence-corrected chi connectivity index (χ2v) is 9.62. The van der Waals surface area contributed by atoms with Crippen molar-refractivity contribution in [1.29, 1.82) is 0 Å². The summed E-state index contributed by atoms with van der Waals surface area (Å²) in [6.07, 6.45) is 1.18. The number of hydrogen-bond acceptors (Lipinski definition) is 8. The standard InChI is InChI=1S/C24H28N4O6S/c1-27-19-4-3-16(11-22(29)28-6-8-32-9-7-28)34-21(19)12-33-20-5-2-15(10-17(20)24(27)31)26-23(30)18-13-35-14-25-18/h2,5,10,13-14,16,19,21H,3-4,6-9,11-12H2,1H3,(H,26,30)/t16-,19-,21-/m1/s1. The smallest absolute Gasteiger partial charge is 0.275 e. The number of fused-ring (bicyclic) bond motifs is 2. The van der Waals surface area contributed by atoms with Crippen LogP contribution in [0.4, 0.5) is 5.69 Å². The van der Waals surface area contributed by atoms with Crippen molar-refractivity contribution in [2.45, 2.75) is 37.5 Å². The molecule has 0 radical (unpaired) electrons. The molecule has 1 N–H and O–H groups in total. The molecule has 1 aromatic carbocycles. The molecule has 10 nitrogen and oxygen atoms in total. The van der Waals surface area contributed by atoms with E-state index in [1.165, 1.54) is 11.3 Å². The van der Waals surface area contributed by atoms with Crippen molar-refractivity contribution in [2.75, 3.05) is 45.3 Å². The Balaban J connectivity index is 1.27. The number of thiazole rings is 1. The van der Waals surface area contributed by atoms with E-state index < -0.39 is 0 Å². The van der Waals surface area contributed by atoms with E-state index in [0.29, 0.717) is 68.3 Å². The molecule has 0 aliphatic carbocycles. The van der Waals surface area contributed by atoms with Crippen molar-refractivity contribution < 1.29 is 28.6 Å². The minimum absolute atomic E-state index is 0.0746. The minimum Gasteiger partial charge on any atom is -0.490 e. The summed E-state index contributed by atoms with van der Waals surface area (Å²) in [6.45, 7) is 2.63. The van der Waals surface area contributed by atoms with Gasteiger partial charge in [0.2, 0.25) is 5.91 Å². The van der Waals surface area contributed by atoms with E-state index in [0.717, 1.165) is 0 Å². The SMILES string of the molecule is CN1C(=O)c2cc(NC(=O)c3cscn3)ccc2OC[C@H]2O[C@@H](CC(=O)N3CCOCC3)CC[C@H]21. The monoisotopic (exact) mass is 500 g/mol. The van der Waals surface area contributed by atoms with Gasteiger partial charge in [-0.3, -0.25) is 14.4 Å². The third kappa shape index (κ3) is 5.16. The molecule has 3 aliphatic heterocycles. The van der Waals surface area contributed by atoms with E-state index in [4.69, 9.17) is 14.2 Å². The van der Waals surface area contributed by atoms with Crippen molar-refractivity contribution in [3.8, 4) is 5.75 Å². The molecule has 11 heteroatoms. The molecular weight excluding hydrogens is 472 g/mol. The van der Waals surface area contributed by atoms with Gasteiger partial charge in [-0.1, -0.05) is 0 Å². The molecule has 35 heavy (non-hydrogen) atoms. The molecule has 186 valence electrons. The number of hydrogen-bond donors (Lipinski definition) is 1. The van der Waals surface area contributed by atoms with Gasteiger partial charge in [0.15, 0.2) is 0 Å². The zero-order chi connectivity index (χ0) is 24.4. The number of morpholine rings is 1. The number of ether oxygens (including phenoxy) is 3. The maximum Gasteiger partial charge on any atom is 0.275 e. The third-order valence-corrected chi connectivity index (χ3v) is 7.29. The number of carbonyl (C=O) groups is 3. The zero-order valence-electron chi connectivity index (χ0n) is 19.5. The summed E-state index contributed by atoms with van der Waals surface area (Å²) in [5.41, 5.74) is 2.79. The van der Waals surface area contributed by atoms with Gasteiger partial charge in [0, 0.05) is 31.2 Å². The molecule has 2 aromatic rings. The summed E-state index contributed by atoms with van der Waals surface area (Å²) in [5.74, 6) is -0.0318. The quantitative estimate of drug-likeness (QED) is 0.684. The Bertz CT molecular complexity index is 1090. The van der Waals surface area contributed by atoms with Gasteiger partial charge in [-0.25, -0.2) is 4.98 Å². The molecular formula is C24H28N4O6S. The fourth-order valence-corrected chi connectivity index (χ4v) is 5.29. The van der Waals surface area contributed by atoms with Crippen LogP contribution < -0.4 is 10.1 Å². The molecule has 3 atom stereocenters. The largest absolute Gasteiger partial charge is 0.490 e. The second-order valence-electron chi connectivity index (χ2n) is 8.90. The number of anilines is 1. The minimum atomic E-state index is -0.336. The first kappa shape index (κ1) is 23.7. The Kier molecular flexibility index (Phi) is 6.98. The van der Waals surface area contributed by atoms with Crippen LogP contribution in [0.15, 0.2) is 29.1 Å². The molecule has 0 spiro atoms. The van der Waals surface area contributed by atoms with E-state index in [-0.39, 0.29) is 42.6 Å². The average molecular weight is 501 g/mol. The van der Waals surface area contributed by atoms with Gasteiger partial charge < -0.3 is 29.3 Å². The molecule has 0 saturated carbocycles. The Morgan fingerprint density at radius 3 is 2.83 bits per heavy atom. The van der Waals surface area contributed by atoms with E-state index in [9.17, 15) is 14.4 Å². The van der Waals surface area contributed by atoms with E-state index in [1.807, 2.05) is 4.90 Å². The van der Waals surface area contributed by atoms with Crippen molar-refractivity contribution >= 4 is 34.7 Å². The van der Waals surface area contributed by atoms with Gasteiger partial charge in [0.05, 0.1) is 42.9 Å². The van der Waals surface area contributed by atoms with E-state index >= 15 is 0 Å². The van der Waals surface area contributed by atoms with E-state index in [1.54, 1.807) is 41.0 Å². The van der Waals surface area contributed by atoms with Crippen LogP contribution in [0.25, 0.3) is 0 Å². The predicted octanol–water partition coefficient (Wildman–Crippen LogP) is 2.02. The molecule has 0 unspecified atom stereocenters. The number of carbonyl (C=O) groups excluding carboxylic acids is 3. The number of aromatic nitrogens is 1. The lowest BCUT2D eigenvalue weighted by molar-refractivity contribution is -0.146. The molecule has 2 fully saturated rings. The highest BCUT2D eigenvalue weighted by molar-refractivity contribution is 7.07. The Hall–Kier alpha value is -3.02. The highest BCUT2D eigenvalue weighted by atomic mass is 32.1. The number of benzene rings is 1. The summed E-state index contributed by atoms with van der Waals surface area (Å²) >= 11 is 1.34. The fourth-order valence-electron chi connectivity index (χ4n) is 4.76. The van der Waals surface area contributed by atoms with Gasteiger partial charge in [0.25, 0.3) is 11.8 Å². The average Bonchev–Trinajstić information content (AvgIpc) is 3.42. The highest BCUT2D eigenvalue weighted by Gasteiger charge is 2.39. The molecule has 4 heterocycles. The molecule has 5 rings (SSSR count). The molecule has 2 saturated heterocycles. The van der Waals surface area contributed by atoms with Crippen LogP contribution in [-0.2, 0) is 14.3 Å². The molecule has 3 amide bonds. The zero-order valence-corrected chi connectivity index (χ0v) is 20.3. The van der Waals surface area contributed by atoms with Crippen LogP contribution in [0.3, 0.4) is 0 Å². The number of amides is 3. The van der Waals surface area contributed by atoms with Gasteiger partial charge in [-0.2, -0.15) is 0 Å². The van der Waals surface area contributed by atoms with Crippen LogP contribution in [0.5, 0.6) is 5.75 Å². The first-order valence-electron chi connectivity index (χ1n) is 11.7. The molecule has 3 aliphatic rings. The Morgan fingerprint density at radius 2 is 2.06 bits per heavy atom. The van der Waals surface area contributed by atoms with Gasteiger partial charge in [-0.15, -0.1) is 11.3 Å². The Morgan fingerprint density at radius 1 is 1.23 bits per heavy atom. The van der Waals surface area contributed by atoms with Crippen LogP contribution in [-0.4, -0.2) is 90.7 Å². The van der Waals surface area contributed by atoms with Gasteiger partial charge in [0.1, 0.15) is 24.2 Å². The molecule has 0 bridgehead atoms. The number of likely N-dealkylation sites (N-methyl/N-ethyl adjacent to an activating group) is 1. The maximum atomic E-state index is 13.4. The summed E-state index contributed by atoms with van der Waals surface area (Å²) in [6, 6.07) is 4.84. The number of rotatable bonds is 4. The second kappa shape index (κ2) is 10.3. The summed E-state index contributed by atoms with van der Waals surface area (Å²) < 4.78 is 17.6. The summed E-state index contributed by atoms with van der Waals surface area (Å²) in [5, 5.41) is 4.45. The predicted molar refractivity (Wildman–Crippen MR) is 128 cm³/mol. The lowest BCUT2D eigenvalue weighted by Gasteiger charge is -2.42. The van der Waals surface area contributed by atoms with Crippen LogP contribution >= 0.6 is 11.3 Å². The normalized spacial score (nSPS) is 24.5. The van der Waals surface area contributed by atoms with Crippen LogP contribution in [0.1, 0.15) is 40.1 Å². The number of nitrogens with one attached hydrogen (secondary N) is 1. The lowest BCUT2D eigenvalue weighted by Crippen LogP contribution is -2.54. The highest BCUT2D eigenvalue weighted by Crippen LogP contribution is 2.32. The van der Waals surface area contributed by atoms with Crippen molar-refractivity contribution in [1.82, 2.24) is 14.8 Å². The summed E-state index contributed by atoms with van der Waals surface area (Å²) in [7, 11) is 1.76. The van der Waals surface area contributed by atoms with Gasteiger partial charge in [-0.05, 0) is 31.0 Å². The number of nitrogens with zero attached hydrogens (tertiary/aromatic N) is 3. The fraction of sp³-hybridized carbons (Fsp3) is 0.500. The van der Waals surface area contributed by atoms with Gasteiger partial charge >= 0.3 is 0 Å².